The number of aryl methyl sites for hydroxylation is 1. The number of hydrogen-bond donors (Lipinski definition) is 0. The summed E-state index contributed by atoms with van der Waals surface area (Å²) >= 11 is 0. The quantitative estimate of drug-likeness (QED) is 0.341. The van der Waals surface area contributed by atoms with Gasteiger partial charge in [0.1, 0.15) is 0 Å². The average Bonchev–Trinajstić information content (AvgIpc) is 2.59. The first-order valence-corrected chi connectivity index (χ1v) is 10.0. The van der Waals surface area contributed by atoms with E-state index in [0.717, 1.165) is 0 Å². The van der Waals surface area contributed by atoms with Gasteiger partial charge >= 0.3 is 0 Å². The average molecular weight is 355 g/mol. The maximum atomic E-state index is 4.39. The van der Waals surface area contributed by atoms with Gasteiger partial charge in [-0.25, -0.2) is 0 Å². The normalized spacial score (nSPS) is 10.5. The van der Waals surface area contributed by atoms with Crippen molar-refractivity contribution < 1.29 is 0 Å². The highest BCUT2D eigenvalue weighted by Crippen LogP contribution is 2.23. The van der Waals surface area contributed by atoms with Gasteiger partial charge in [0.15, 0.2) is 0 Å². The van der Waals surface area contributed by atoms with Gasteiger partial charge in [0.25, 0.3) is 0 Å². The van der Waals surface area contributed by atoms with E-state index in [-0.39, 0.29) is 12.4 Å². The standard InChI is InChI=1S/C21H38N2.ClH/c1-4-7-10-11-12-13-14-20-19-22-16-15-21(20)23(17-8-5-2)18-9-6-3;/h15-16,19H,4-14,17-18H2,1-3H3;1H. The van der Waals surface area contributed by atoms with Crippen LogP contribution in [0.5, 0.6) is 0 Å². The van der Waals surface area contributed by atoms with E-state index in [2.05, 4.69) is 42.9 Å². The molecular weight excluding hydrogens is 316 g/mol. The molecule has 1 aromatic rings. The van der Waals surface area contributed by atoms with Crippen LogP contribution in [0, 0.1) is 0 Å². The van der Waals surface area contributed by atoms with Gasteiger partial charge in [0.2, 0.25) is 0 Å². The predicted octanol–water partition coefficient (Wildman–Crippen LogP) is 6.81. The van der Waals surface area contributed by atoms with E-state index in [1.54, 1.807) is 0 Å². The van der Waals surface area contributed by atoms with Gasteiger partial charge in [-0.2, -0.15) is 0 Å². The lowest BCUT2D eigenvalue weighted by Crippen LogP contribution is -2.26. The van der Waals surface area contributed by atoms with Crippen LogP contribution < -0.4 is 4.90 Å². The summed E-state index contributed by atoms with van der Waals surface area (Å²) in [4.78, 5) is 6.99. The third-order valence-corrected chi connectivity index (χ3v) is 4.58. The molecule has 0 radical (unpaired) electrons. The zero-order valence-electron chi connectivity index (χ0n) is 16.2. The minimum Gasteiger partial charge on any atom is -0.371 e. The van der Waals surface area contributed by atoms with Gasteiger partial charge < -0.3 is 4.90 Å². The topological polar surface area (TPSA) is 16.1 Å². The second kappa shape index (κ2) is 15.7. The molecule has 3 heteroatoms. The van der Waals surface area contributed by atoms with Crippen molar-refractivity contribution in [3.8, 4) is 0 Å². The second-order valence-electron chi connectivity index (χ2n) is 6.72. The summed E-state index contributed by atoms with van der Waals surface area (Å²) in [5, 5.41) is 0. The van der Waals surface area contributed by atoms with Crippen molar-refractivity contribution in [3.05, 3.63) is 24.0 Å². The van der Waals surface area contributed by atoms with Gasteiger partial charge in [0.05, 0.1) is 0 Å². The molecule has 0 spiro atoms. The Kier molecular flexibility index (Phi) is 15.3. The second-order valence-corrected chi connectivity index (χ2v) is 6.72. The number of anilines is 1. The third-order valence-electron chi connectivity index (χ3n) is 4.58. The predicted molar refractivity (Wildman–Crippen MR) is 111 cm³/mol. The minimum atomic E-state index is 0. The molecule has 0 amide bonds. The van der Waals surface area contributed by atoms with Crippen LogP contribution in [-0.2, 0) is 6.42 Å². The molecule has 0 unspecified atom stereocenters. The summed E-state index contributed by atoms with van der Waals surface area (Å²) in [5.41, 5.74) is 2.89. The van der Waals surface area contributed by atoms with Crippen LogP contribution in [0.1, 0.15) is 90.5 Å². The van der Waals surface area contributed by atoms with Crippen molar-refractivity contribution in [3.63, 3.8) is 0 Å². The van der Waals surface area contributed by atoms with Crippen molar-refractivity contribution in [1.29, 1.82) is 0 Å². The number of nitrogens with zero attached hydrogens (tertiary/aromatic N) is 2. The summed E-state index contributed by atoms with van der Waals surface area (Å²) in [6.45, 7) is 9.21. The molecular formula is C21H39ClN2. The molecule has 0 aromatic carbocycles. The van der Waals surface area contributed by atoms with Crippen molar-refractivity contribution >= 4 is 18.1 Å². The molecule has 0 aliphatic heterocycles. The lowest BCUT2D eigenvalue weighted by molar-refractivity contribution is 0.605. The van der Waals surface area contributed by atoms with Gasteiger partial charge in [-0.3, -0.25) is 4.98 Å². The molecule has 0 saturated carbocycles. The smallest absolute Gasteiger partial charge is 0.0429 e. The number of pyridine rings is 1. The first kappa shape index (κ1) is 23.2. The summed E-state index contributed by atoms with van der Waals surface area (Å²) in [7, 11) is 0. The minimum absolute atomic E-state index is 0. The molecule has 0 N–H and O–H groups in total. The van der Waals surface area contributed by atoms with E-state index >= 15 is 0 Å². The van der Waals surface area contributed by atoms with E-state index in [4.69, 9.17) is 0 Å². The van der Waals surface area contributed by atoms with E-state index in [1.165, 1.54) is 95.0 Å². The number of aromatic nitrogens is 1. The molecule has 1 heterocycles. The first-order valence-electron chi connectivity index (χ1n) is 10.0. The van der Waals surface area contributed by atoms with Crippen LogP contribution in [0.25, 0.3) is 0 Å². The van der Waals surface area contributed by atoms with E-state index < -0.39 is 0 Å². The number of halogens is 1. The Morgan fingerprint density at radius 3 is 2.00 bits per heavy atom. The highest BCUT2D eigenvalue weighted by Gasteiger charge is 2.10. The summed E-state index contributed by atoms with van der Waals surface area (Å²) in [6, 6.07) is 2.23. The highest BCUT2D eigenvalue weighted by molar-refractivity contribution is 5.85. The Labute approximate surface area is 156 Å². The maximum absolute atomic E-state index is 4.39. The van der Waals surface area contributed by atoms with Crippen molar-refractivity contribution in [1.82, 2.24) is 4.98 Å². The first-order chi connectivity index (χ1) is 11.3. The third kappa shape index (κ3) is 9.52. The summed E-state index contributed by atoms with van der Waals surface area (Å²) in [5.74, 6) is 0. The van der Waals surface area contributed by atoms with Crippen molar-refractivity contribution in [2.75, 3.05) is 18.0 Å². The molecule has 2 nitrogen and oxygen atoms in total. The molecule has 24 heavy (non-hydrogen) atoms. The fraction of sp³-hybridized carbons (Fsp3) is 0.762. The van der Waals surface area contributed by atoms with Crippen LogP contribution in [0.3, 0.4) is 0 Å². The van der Waals surface area contributed by atoms with Crippen molar-refractivity contribution in [2.24, 2.45) is 0 Å². The Hall–Kier alpha value is -0.760. The molecule has 140 valence electrons. The molecule has 1 aromatic heterocycles. The number of unbranched alkanes of at least 4 members (excludes halogenated alkanes) is 7. The van der Waals surface area contributed by atoms with Gasteiger partial charge in [-0.05, 0) is 37.3 Å². The lowest BCUT2D eigenvalue weighted by atomic mass is 10.0. The van der Waals surface area contributed by atoms with Gasteiger partial charge in [0, 0.05) is 31.2 Å². The number of hydrogen-bond acceptors (Lipinski definition) is 2. The molecule has 0 atom stereocenters. The monoisotopic (exact) mass is 354 g/mol. The largest absolute Gasteiger partial charge is 0.371 e. The van der Waals surface area contributed by atoms with E-state index in [9.17, 15) is 0 Å². The highest BCUT2D eigenvalue weighted by atomic mass is 35.5. The Morgan fingerprint density at radius 1 is 0.792 bits per heavy atom. The van der Waals surface area contributed by atoms with E-state index in [0.29, 0.717) is 0 Å². The van der Waals surface area contributed by atoms with Crippen LogP contribution in [-0.4, -0.2) is 18.1 Å². The fourth-order valence-electron chi connectivity index (χ4n) is 3.07. The Balaban J connectivity index is 0.00000529. The lowest BCUT2D eigenvalue weighted by Gasteiger charge is -2.27. The fourth-order valence-corrected chi connectivity index (χ4v) is 3.07. The summed E-state index contributed by atoms with van der Waals surface area (Å²) in [6.07, 6.45) is 18.5. The Morgan fingerprint density at radius 2 is 1.38 bits per heavy atom. The van der Waals surface area contributed by atoms with E-state index in [1.807, 2.05) is 6.20 Å². The number of rotatable bonds is 14. The Bertz CT molecular complexity index is 387. The van der Waals surface area contributed by atoms with Crippen molar-refractivity contribution in [2.45, 2.75) is 91.4 Å². The molecule has 0 bridgehead atoms. The zero-order chi connectivity index (χ0) is 16.8. The van der Waals surface area contributed by atoms with Gasteiger partial charge in [-0.15, -0.1) is 12.4 Å². The maximum Gasteiger partial charge on any atom is 0.0429 e. The van der Waals surface area contributed by atoms with Crippen LogP contribution in [0.4, 0.5) is 5.69 Å². The summed E-state index contributed by atoms with van der Waals surface area (Å²) < 4.78 is 0. The molecule has 1 rings (SSSR count). The van der Waals surface area contributed by atoms with Crippen LogP contribution in [0.2, 0.25) is 0 Å². The van der Waals surface area contributed by atoms with Crippen LogP contribution in [0.15, 0.2) is 18.5 Å². The van der Waals surface area contributed by atoms with Gasteiger partial charge in [-0.1, -0.05) is 65.7 Å². The zero-order valence-corrected chi connectivity index (χ0v) is 17.0. The molecule has 0 fully saturated rings. The molecule has 0 aliphatic rings. The molecule has 0 saturated heterocycles. The van der Waals surface area contributed by atoms with Crippen LogP contribution >= 0.6 is 12.4 Å². The SMILES string of the molecule is CCCCCCCCc1cnccc1N(CCCC)CCCC.Cl. The molecule has 0 aliphatic carbocycles.